The summed E-state index contributed by atoms with van der Waals surface area (Å²) in [5.74, 6) is 4.35. The number of aryl methyl sites for hydroxylation is 1. The van der Waals surface area contributed by atoms with Crippen molar-refractivity contribution in [1.82, 2.24) is 9.97 Å². The number of methoxy groups -OCH3 is 1. The summed E-state index contributed by atoms with van der Waals surface area (Å²) in [7, 11) is 1.64. The molecule has 0 unspecified atom stereocenters. The lowest BCUT2D eigenvalue weighted by Gasteiger charge is -2.19. The molecule has 0 radical (unpaired) electrons. The van der Waals surface area contributed by atoms with Crippen molar-refractivity contribution >= 4 is 23.0 Å². The van der Waals surface area contributed by atoms with Crippen LogP contribution in [0.2, 0.25) is 0 Å². The van der Waals surface area contributed by atoms with Crippen LogP contribution in [0, 0.1) is 6.92 Å². The molecule has 1 aliphatic heterocycles. The van der Waals surface area contributed by atoms with Crippen molar-refractivity contribution in [2.24, 2.45) is 0 Å². The van der Waals surface area contributed by atoms with E-state index >= 15 is 0 Å². The first kappa shape index (κ1) is 17.0. The van der Waals surface area contributed by atoms with E-state index < -0.39 is 0 Å². The average molecular weight is 364 g/mol. The summed E-state index contributed by atoms with van der Waals surface area (Å²) in [6.07, 6.45) is 0. The summed E-state index contributed by atoms with van der Waals surface area (Å²) in [5, 5.41) is 6.57. The van der Waals surface area contributed by atoms with Crippen molar-refractivity contribution in [2.75, 3.05) is 31.0 Å². The Bertz CT molecular complexity index is 944. The number of aromatic nitrogens is 2. The van der Waals surface area contributed by atoms with Crippen molar-refractivity contribution in [3.05, 3.63) is 54.4 Å². The topological polar surface area (TPSA) is 77.5 Å². The zero-order valence-electron chi connectivity index (χ0n) is 15.2. The predicted octanol–water partition coefficient (Wildman–Crippen LogP) is 4.05. The normalized spacial score (nSPS) is 12.4. The second-order valence-corrected chi connectivity index (χ2v) is 6.02. The lowest BCUT2D eigenvalue weighted by atomic mass is 10.2. The van der Waals surface area contributed by atoms with E-state index in [1.54, 1.807) is 7.11 Å². The SMILES string of the molecule is COc1ccc(Nc2cc(Nc3ccc4c(c3)OCCO4)nc(C)n2)cc1. The summed E-state index contributed by atoms with van der Waals surface area (Å²) in [6, 6.07) is 15.2. The molecule has 7 heteroatoms. The van der Waals surface area contributed by atoms with Gasteiger partial charge in [-0.1, -0.05) is 0 Å². The van der Waals surface area contributed by atoms with Gasteiger partial charge in [0, 0.05) is 23.5 Å². The van der Waals surface area contributed by atoms with E-state index in [1.165, 1.54) is 0 Å². The van der Waals surface area contributed by atoms with E-state index in [2.05, 4.69) is 20.6 Å². The first-order valence-corrected chi connectivity index (χ1v) is 8.63. The molecule has 2 aromatic carbocycles. The third-order valence-electron chi connectivity index (χ3n) is 4.01. The monoisotopic (exact) mass is 364 g/mol. The summed E-state index contributed by atoms with van der Waals surface area (Å²) in [6.45, 7) is 2.98. The van der Waals surface area contributed by atoms with E-state index in [4.69, 9.17) is 14.2 Å². The van der Waals surface area contributed by atoms with Crippen LogP contribution in [0.5, 0.6) is 17.2 Å². The maximum absolute atomic E-state index is 5.63. The Labute approximate surface area is 157 Å². The van der Waals surface area contributed by atoms with Gasteiger partial charge in [-0.05, 0) is 43.3 Å². The van der Waals surface area contributed by atoms with Crippen LogP contribution < -0.4 is 24.8 Å². The summed E-state index contributed by atoms with van der Waals surface area (Å²) in [5.41, 5.74) is 1.78. The zero-order chi connectivity index (χ0) is 18.6. The van der Waals surface area contributed by atoms with E-state index in [1.807, 2.05) is 55.5 Å². The first-order valence-electron chi connectivity index (χ1n) is 8.63. The van der Waals surface area contributed by atoms with Crippen LogP contribution in [0.25, 0.3) is 0 Å². The van der Waals surface area contributed by atoms with Crippen LogP contribution in [0.3, 0.4) is 0 Å². The quantitative estimate of drug-likeness (QED) is 0.707. The van der Waals surface area contributed by atoms with Crippen molar-refractivity contribution < 1.29 is 14.2 Å². The molecule has 0 bridgehead atoms. The fourth-order valence-electron chi connectivity index (χ4n) is 2.79. The van der Waals surface area contributed by atoms with Crippen molar-refractivity contribution in [3.8, 4) is 17.2 Å². The lowest BCUT2D eigenvalue weighted by molar-refractivity contribution is 0.171. The van der Waals surface area contributed by atoms with Gasteiger partial charge in [-0.2, -0.15) is 0 Å². The minimum atomic E-state index is 0.555. The number of hydrogen-bond donors (Lipinski definition) is 2. The third kappa shape index (κ3) is 4.03. The Kier molecular flexibility index (Phi) is 4.65. The van der Waals surface area contributed by atoms with Gasteiger partial charge in [-0.15, -0.1) is 0 Å². The molecule has 0 fully saturated rings. The fourth-order valence-corrected chi connectivity index (χ4v) is 2.79. The molecule has 3 aromatic rings. The van der Waals surface area contributed by atoms with Gasteiger partial charge >= 0.3 is 0 Å². The summed E-state index contributed by atoms with van der Waals surface area (Å²) in [4.78, 5) is 8.90. The molecule has 0 aliphatic carbocycles. The van der Waals surface area contributed by atoms with Crippen LogP contribution in [0.1, 0.15) is 5.82 Å². The second-order valence-electron chi connectivity index (χ2n) is 6.02. The lowest BCUT2D eigenvalue weighted by Crippen LogP contribution is -2.15. The van der Waals surface area contributed by atoms with Gasteiger partial charge in [0.15, 0.2) is 11.5 Å². The molecule has 0 spiro atoms. The molecule has 27 heavy (non-hydrogen) atoms. The summed E-state index contributed by atoms with van der Waals surface area (Å²) < 4.78 is 16.4. The Morgan fingerprint density at radius 1 is 0.815 bits per heavy atom. The fraction of sp³-hybridized carbons (Fsp3) is 0.200. The van der Waals surface area contributed by atoms with Gasteiger partial charge in [0.2, 0.25) is 0 Å². The van der Waals surface area contributed by atoms with Crippen molar-refractivity contribution in [3.63, 3.8) is 0 Å². The van der Waals surface area contributed by atoms with E-state index in [-0.39, 0.29) is 0 Å². The molecule has 138 valence electrons. The molecule has 0 saturated carbocycles. The van der Waals surface area contributed by atoms with Crippen LogP contribution >= 0.6 is 0 Å². The van der Waals surface area contributed by atoms with Crippen molar-refractivity contribution in [1.29, 1.82) is 0 Å². The van der Waals surface area contributed by atoms with E-state index in [0.29, 0.717) is 30.7 Å². The molecule has 2 N–H and O–H groups in total. The van der Waals surface area contributed by atoms with Gasteiger partial charge < -0.3 is 24.8 Å². The van der Waals surface area contributed by atoms with E-state index in [9.17, 15) is 0 Å². The number of anilines is 4. The van der Waals surface area contributed by atoms with Crippen LogP contribution in [0.4, 0.5) is 23.0 Å². The first-order chi connectivity index (χ1) is 13.2. The Hall–Kier alpha value is -3.48. The van der Waals surface area contributed by atoms with Crippen LogP contribution in [-0.2, 0) is 0 Å². The van der Waals surface area contributed by atoms with Gasteiger partial charge in [-0.25, -0.2) is 9.97 Å². The molecule has 0 saturated heterocycles. The maximum atomic E-state index is 5.63. The van der Waals surface area contributed by atoms with Gasteiger partial charge in [0.25, 0.3) is 0 Å². The van der Waals surface area contributed by atoms with Gasteiger partial charge in [-0.3, -0.25) is 0 Å². The zero-order valence-corrected chi connectivity index (χ0v) is 15.2. The second kappa shape index (κ2) is 7.41. The number of benzene rings is 2. The highest BCUT2D eigenvalue weighted by molar-refractivity contribution is 5.65. The number of nitrogens with zero attached hydrogens (tertiary/aromatic N) is 2. The minimum absolute atomic E-state index is 0.555. The summed E-state index contributed by atoms with van der Waals surface area (Å²) >= 11 is 0. The Morgan fingerprint density at radius 2 is 1.44 bits per heavy atom. The molecule has 0 amide bonds. The molecular formula is C20H20N4O3. The molecular weight excluding hydrogens is 344 g/mol. The largest absolute Gasteiger partial charge is 0.497 e. The minimum Gasteiger partial charge on any atom is -0.497 e. The van der Waals surface area contributed by atoms with Gasteiger partial charge in [0.05, 0.1) is 7.11 Å². The number of rotatable bonds is 5. The molecule has 0 atom stereocenters. The molecule has 1 aliphatic rings. The van der Waals surface area contributed by atoms with Crippen LogP contribution in [-0.4, -0.2) is 30.3 Å². The van der Waals surface area contributed by atoms with E-state index in [0.717, 1.165) is 28.6 Å². The average Bonchev–Trinajstić information content (AvgIpc) is 2.68. The van der Waals surface area contributed by atoms with Crippen molar-refractivity contribution in [2.45, 2.75) is 6.92 Å². The number of nitrogens with one attached hydrogen (secondary N) is 2. The third-order valence-corrected chi connectivity index (χ3v) is 4.01. The number of fused-ring (bicyclic) bond motifs is 1. The number of ether oxygens (including phenoxy) is 3. The smallest absolute Gasteiger partial charge is 0.163 e. The van der Waals surface area contributed by atoms with Gasteiger partial charge in [0.1, 0.15) is 36.4 Å². The highest BCUT2D eigenvalue weighted by Gasteiger charge is 2.12. The van der Waals surface area contributed by atoms with Crippen LogP contribution in [0.15, 0.2) is 48.5 Å². The Morgan fingerprint density at radius 3 is 2.15 bits per heavy atom. The highest BCUT2D eigenvalue weighted by atomic mass is 16.6. The molecule has 2 heterocycles. The standard InChI is InChI=1S/C20H20N4O3/c1-13-21-19(23-14-3-6-16(25-2)7-4-14)12-20(22-13)24-15-5-8-17-18(11-15)27-10-9-26-17/h3-8,11-12H,9-10H2,1-2H3,(H2,21,22,23,24). The molecule has 1 aromatic heterocycles. The highest BCUT2D eigenvalue weighted by Crippen LogP contribution is 2.33. The number of hydrogen-bond acceptors (Lipinski definition) is 7. The molecule has 4 rings (SSSR count). The molecule has 7 nitrogen and oxygen atoms in total. The maximum Gasteiger partial charge on any atom is 0.163 e. The predicted molar refractivity (Wildman–Crippen MR) is 104 cm³/mol. The Balaban J connectivity index is 1.53.